The topological polar surface area (TPSA) is 99.2 Å². The van der Waals surface area contributed by atoms with Gasteiger partial charge in [0.25, 0.3) is 5.69 Å². The summed E-state index contributed by atoms with van der Waals surface area (Å²) in [5.74, 6) is 0. The Morgan fingerprint density at radius 3 is 2.36 bits per heavy atom. The summed E-state index contributed by atoms with van der Waals surface area (Å²) in [6, 6.07) is 0. The van der Waals surface area contributed by atoms with Crippen LogP contribution in [0.25, 0.3) is 0 Å². The summed E-state index contributed by atoms with van der Waals surface area (Å²) in [6.07, 6.45) is 0.894. The molecule has 7 nitrogen and oxygen atoms in total. The molecule has 0 radical (unpaired) electrons. The van der Waals surface area contributed by atoms with Gasteiger partial charge in [0.2, 0.25) is 5.15 Å². The number of halogens is 1. The maximum absolute atomic E-state index is 10.5. The van der Waals surface area contributed by atoms with Crippen LogP contribution in [0.15, 0.2) is 6.20 Å². The normalized spacial score (nSPS) is 9.86. The molecule has 0 aliphatic rings. The minimum atomic E-state index is -0.794. The molecule has 14 heavy (non-hydrogen) atoms. The molecule has 0 fully saturated rings. The van der Waals surface area contributed by atoms with E-state index in [0.29, 0.717) is 0 Å². The fourth-order valence-corrected chi connectivity index (χ4v) is 1.21. The number of rotatable bonds is 2. The Hall–Kier alpha value is -1.76. The Kier molecular flexibility index (Phi) is 2.61. The molecule has 0 unspecified atom stereocenters. The average Bonchev–Trinajstić information content (AvgIpc) is 2.02. The van der Waals surface area contributed by atoms with Crippen LogP contribution in [0.5, 0.6) is 0 Å². The van der Waals surface area contributed by atoms with E-state index in [2.05, 4.69) is 4.98 Å². The molecule has 0 aromatic carbocycles. The van der Waals surface area contributed by atoms with Gasteiger partial charge < -0.3 is 0 Å². The number of pyridine rings is 1. The predicted molar refractivity (Wildman–Crippen MR) is 47.3 cm³/mol. The Balaban J connectivity index is 3.49. The average molecular weight is 218 g/mol. The van der Waals surface area contributed by atoms with E-state index in [9.17, 15) is 20.2 Å². The quantitative estimate of drug-likeness (QED) is 0.428. The number of nitrogens with zero attached hydrogens (tertiary/aromatic N) is 3. The van der Waals surface area contributed by atoms with E-state index >= 15 is 0 Å². The molecule has 74 valence electrons. The van der Waals surface area contributed by atoms with Gasteiger partial charge in [-0.1, -0.05) is 11.6 Å². The number of aromatic nitrogens is 1. The van der Waals surface area contributed by atoms with Crippen molar-refractivity contribution in [3.63, 3.8) is 0 Å². The van der Waals surface area contributed by atoms with Crippen LogP contribution in [0.2, 0.25) is 5.15 Å². The lowest BCUT2D eigenvalue weighted by Crippen LogP contribution is -1.99. The van der Waals surface area contributed by atoms with Gasteiger partial charge in [-0.05, 0) is 6.92 Å². The monoisotopic (exact) mass is 217 g/mol. The van der Waals surface area contributed by atoms with Crippen molar-refractivity contribution in [2.75, 3.05) is 0 Å². The lowest BCUT2D eigenvalue weighted by molar-refractivity contribution is -0.395. The van der Waals surface area contributed by atoms with Crippen LogP contribution < -0.4 is 0 Å². The molecule has 8 heteroatoms. The third kappa shape index (κ3) is 1.62. The molecular formula is C6H4ClN3O4. The van der Waals surface area contributed by atoms with Crippen molar-refractivity contribution in [3.8, 4) is 0 Å². The SMILES string of the molecule is Cc1c([N+](=O)[O-])cnc(Cl)c1[N+](=O)[O-]. The summed E-state index contributed by atoms with van der Waals surface area (Å²) in [4.78, 5) is 22.7. The van der Waals surface area contributed by atoms with Crippen molar-refractivity contribution in [3.05, 3.63) is 37.1 Å². The first-order valence-electron chi connectivity index (χ1n) is 3.39. The fraction of sp³-hybridized carbons (Fsp3) is 0.167. The molecule has 0 aliphatic carbocycles. The second kappa shape index (κ2) is 3.54. The molecule has 0 bridgehead atoms. The molecule has 1 heterocycles. The molecular weight excluding hydrogens is 214 g/mol. The largest absolute Gasteiger partial charge is 0.316 e. The van der Waals surface area contributed by atoms with Gasteiger partial charge in [0.05, 0.1) is 9.85 Å². The minimum Gasteiger partial charge on any atom is -0.258 e. The fourth-order valence-electron chi connectivity index (χ4n) is 0.948. The first kappa shape index (κ1) is 10.3. The highest BCUT2D eigenvalue weighted by Gasteiger charge is 2.25. The first-order valence-corrected chi connectivity index (χ1v) is 3.76. The lowest BCUT2D eigenvalue weighted by Gasteiger charge is -1.99. The molecule has 0 spiro atoms. The van der Waals surface area contributed by atoms with Crippen molar-refractivity contribution in [2.45, 2.75) is 6.92 Å². The molecule has 0 atom stereocenters. The first-order chi connectivity index (χ1) is 6.45. The van der Waals surface area contributed by atoms with Crippen LogP contribution in [-0.4, -0.2) is 14.8 Å². The van der Waals surface area contributed by atoms with Gasteiger partial charge in [0, 0.05) is 0 Å². The van der Waals surface area contributed by atoms with Gasteiger partial charge >= 0.3 is 5.69 Å². The summed E-state index contributed by atoms with van der Waals surface area (Å²) in [5, 5.41) is 20.5. The van der Waals surface area contributed by atoms with Crippen LogP contribution in [0.4, 0.5) is 11.4 Å². The van der Waals surface area contributed by atoms with Crippen LogP contribution in [0.3, 0.4) is 0 Å². The zero-order chi connectivity index (χ0) is 10.9. The van der Waals surface area contributed by atoms with E-state index in [1.54, 1.807) is 0 Å². The van der Waals surface area contributed by atoms with E-state index in [1.807, 2.05) is 0 Å². The molecule has 0 saturated heterocycles. The molecule has 1 aromatic rings. The van der Waals surface area contributed by atoms with Crippen LogP contribution in [0.1, 0.15) is 5.56 Å². The lowest BCUT2D eigenvalue weighted by atomic mass is 10.2. The number of nitro groups is 2. The summed E-state index contributed by atoms with van der Waals surface area (Å²) in [5.41, 5.74) is -1.04. The van der Waals surface area contributed by atoms with E-state index < -0.39 is 21.2 Å². The maximum Gasteiger partial charge on any atom is 0.316 e. The zero-order valence-corrected chi connectivity index (χ0v) is 7.69. The molecule has 1 aromatic heterocycles. The van der Waals surface area contributed by atoms with Crippen LogP contribution >= 0.6 is 11.6 Å². The minimum absolute atomic E-state index is 0.0972. The third-order valence-corrected chi connectivity index (χ3v) is 1.89. The van der Waals surface area contributed by atoms with Crippen LogP contribution in [-0.2, 0) is 0 Å². The van der Waals surface area contributed by atoms with Crippen LogP contribution in [0, 0.1) is 27.2 Å². The Bertz CT molecular complexity index is 420. The Morgan fingerprint density at radius 1 is 1.36 bits per heavy atom. The third-order valence-electron chi connectivity index (χ3n) is 1.61. The highest BCUT2D eigenvalue weighted by atomic mass is 35.5. The van der Waals surface area contributed by atoms with Crippen molar-refractivity contribution >= 4 is 23.0 Å². The summed E-state index contributed by atoms with van der Waals surface area (Å²) in [6.45, 7) is 1.25. The van der Waals surface area contributed by atoms with E-state index in [-0.39, 0.29) is 10.7 Å². The molecule has 1 rings (SSSR count). The molecule has 0 amide bonds. The van der Waals surface area contributed by atoms with Crippen molar-refractivity contribution in [1.82, 2.24) is 4.98 Å². The van der Waals surface area contributed by atoms with Crippen molar-refractivity contribution in [2.24, 2.45) is 0 Å². The summed E-state index contributed by atoms with van der Waals surface area (Å²) in [7, 11) is 0. The van der Waals surface area contributed by atoms with E-state index in [0.717, 1.165) is 6.20 Å². The van der Waals surface area contributed by atoms with Crippen molar-refractivity contribution in [1.29, 1.82) is 0 Å². The van der Waals surface area contributed by atoms with Gasteiger partial charge in [0.15, 0.2) is 0 Å². The zero-order valence-electron chi connectivity index (χ0n) is 6.93. The molecule has 0 aliphatic heterocycles. The van der Waals surface area contributed by atoms with Gasteiger partial charge in [-0.3, -0.25) is 20.2 Å². The number of hydrogen-bond donors (Lipinski definition) is 0. The second-order valence-corrected chi connectivity index (χ2v) is 2.78. The highest BCUT2D eigenvalue weighted by Crippen LogP contribution is 2.31. The highest BCUT2D eigenvalue weighted by molar-refractivity contribution is 6.31. The van der Waals surface area contributed by atoms with E-state index in [1.165, 1.54) is 6.92 Å². The maximum atomic E-state index is 10.5. The number of hydrogen-bond acceptors (Lipinski definition) is 5. The molecule has 0 N–H and O–H groups in total. The summed E-state index contributed by atoms with van der Waals surface area (Å²) < 4.78 is 0. The Morgan fingerprint density at radius 2 is 1.93 bits per heavy atom. The van der Waals surface area contributed by atoms with Gasteiger partial charge in [-0.15, -0.1) is 0 Å². The standard InChI is InChI=1S/C6H4ClN3O4/c1-3-4(9(11)12)2-8-6(7)5(3)10(13)14/h2H,1H3. The van der Waals surface area contributed by atoms with Gasteiger partial charge in [0.1, 0.15) is 11.8 Å². The van der Waals surface area contributed by atoms with E-state index in [4.69, 9.17) is 11.6 Å². The second-order valence-electron chi connectivity index (χ2n) is 2.42. The summed E-state index contributed by atoms with van der Waals surface area (Å²) >= 11 is 5.43. The Labute approximate surface area is 82.6 Å². The predicted octanol–water partition coefficient (Wildman–Crippen LogP) is 1.86. The van der Waals surface area contributed by atoms with Gasteiger partial charge in [-0.2, -0.15) is 0 Å². The van der Waals surface area contributed by atoms with Crippen molar-refractivity contribution < 1.29 is 9.85 Å². The molecule has 0 saturated carbocycles. The van der Waals surface area contributed by atoms with Gasteiger partial charge in [-0.25, -0.2) is 4.98 Å². The smallest absolute Gasteiger partial charge is 0.258 e.